The largest absolute Gasteiger partial charge is 0.447 e. The molecule has 0 amide bonds. The van der Waals surface area contributed by atoms with Gasteiger partial charge in [-0.2, -0.15) is 0 Å². The van der Waals surface area contributed by atoms with Crippen LogP contribution in [0.4, 0.5) is 0 Å². The standard InChI is InChI=1S/C12H20N2O4S/c1-14(2)19(15,16)12-4-3-11(18-12)9-13-10-5-7-17-8-6-10/h3-4,10,13H,5-9H2,1-2H3. The summed E-state index contributed by atoms with van der Waals surface area (Å²) < 4.78 is 35.5. The van der Waals surface area contributed by atoms with Crippen LogP contribution in [0.25, 0.3) is 0 Å². The van der Waals surface area contributed by atoms with E-state index in [4.69, 9.17) is 9.15 Å². The number of hydrogen-bond acceptors (Lipinski definition) is 5. The first-order valence-electron chi connectivity index (χ1n) is 6.32. The first-order chi connectivity index (χ1) is 9.00. The summed E-state index contributed by atoms with van der Waals surface area (Å²) in [5, 5.41) is 3.34. The van der Waals surface area contributed by atoms with Gasteiger partial charge in [0.1, 0.15) is 5.76 Å². The molecule has 0 atom stereocenters. The van der Waals surface area contributed by atoms with Crippen molar-refractivity contribution in [3.8, 4) is 0 Å². The van der Waals surface area contributed by atoms with E-state index < -0.39 is 10.0 Å². The lowest BCUT2D eigenvalue weighted by molar-refractivity contribution is 0.0770. The van der Waals surface area contributed by atoms with E-state index in [1.165, 1.54) is 20.2 Å². The Balaban J connectivity index is 1.94. The van der Waals surface area contributed by atoms with Crippen molar-refractivity contribution >= 4 is 10.0 Å². The molecule has 1 aliphatic heterocycles. The Hall–Kier alpha value is -0.890. The second-order valence-electron chi connectivity index (χ2n) is 4.78. The molecule has 2 rings (SSSR count). The van der Waals surface area contributed by atoms with E-state index in [1.807, 2.05) is 0 Å². The average Bonchev–Trinajstić information content (AvgIpc) is 2.87. The molecule has 0 unspecified atom stereocenters. The third-order valence-corrected chi connectivity index (χ3v) is 4.85. The minimum atomic E-state index is -3.48. The summed E-state index contributed by atoms with van der Waals surface area (Å²) in [6.07, 6.45) is 1.95. The van der Waals surface area contributed by atoms with Gasteiger partial charge in [0.2, 0.25) is 5.09 Å². The highest BCUT2D eigenvalue weighted by Gasteiger charge is 2.21. The van der Waals surface area contributed by atoms with Gasteiger partial charge in [-0.25, -0.2) is 12.7 Å². The Bertz CT molecular complexity index is 504. The number of hydrogen-bond donors (Lipinski definition) is 1. The van der Waals surface area contributed by atoms with E-state index in [9.17, 15) is 8.42 Å². The maximum atomic E-state index is 11.8. The lowest BCUT2D eigenvalue weighted by Gasteiger charge is -2.22. The van der Waals surface area contributed by atoms with Gasteiger partial charge in [0, 0.05) is 33.4 Å². The molecule has 1 N–H and O–H groups in total. The fraction of sp³-hybridized carbons (Fsp3) is 0.667. The zero-order chi connectivity index (χ0) is 13.9. The molecule has 1 saturated heterocycles. The number of furan rings is 1. The molecule has 0 radical (unpaired) electrons. The van der Waals surface area contributed by atoms with Crippen LogP contribution in [0.2, 0.25) is 0 Å². The normalized spacial score (nSPS) is 18.1. The van der Waals surface area contributed by atoms with E-state index in [2.05, 4.69) is 5.32 Å². The van der Waals surface area contributed by atoms with Gasteiger partial charge in [0.05, 0.1) is 6.54 Å². The molecule has 1 aliphatic rings. The topological polar surface area (TPSA) is 71.8 Å². The Kier molecular flexibility index (Phi) is 4.62. The first-order valence-corrected chi connectivity index (χ1v) is 7.76. The van der Waals surface area contributed by atoms with Crippen molar-refractivity contribution in [2.24, 2.45) is 0 Å². The van der Waals surface area contributed by atoms with E-state index >= 15 is 0 Å². The quantitative estimate of drug-likeness (QED) is 0.867. The maximum absolute atomic E-state index is 11.8. The Morgan fingerprint density at radius 1 is 1.32 bits per heavy atom. The summed E-state index contributed by atoms with van der Waals surface area (Å²) in [6, 6.07) is 3.60. The summed E-state index contributed by atoms with van der Waals surface area (Å²) >= 11 is 0. The number of ether oxygens (including phenoxy) is 1. The summed E-state index contributed by atoms with van der Waals surface area (Å²) in [5.41, 5.74) is 0. The van der Waals surface area contributed by atoms with Crippen LogP contribution in [-0.2, 0) is 21.3 Å². The Labute approximate surface area is 113 Å². The van der Waals surface area contributed by atoms with Crippen molar-refractivity contribution in [2.45, 2.75) is 30.5 Å². The van der Waals surface area contributed by atoms with Crippen LogP contribution in [0.1, 0.15) is 18.6 Å². The van der Waals surface area contributed by atoms with Crippen LogP contribution in [0.15, 0.2) is 21.6 Å². The molecule has 108 valence electrons. The van der Waals surface area contributed by atoms with Crippen LogP contribution in [0.3, 0.4) is 0 Å². The van der Waals surface area contributed by atoms with Crippen LogP contribution >= 0.6 is 0 Å². The number of sulfonamides is 1. The summed E-state index contributed by atoms with van der Waals surface area (Å²) in [4.78, 5) is 0. The lowest BCUT2D eigenvalue weighted by Crippen LogP contribution is -2.34. The van der Waals surface area contributed by atoms with Crippen molar-refractivity contribution in [3.05, 3.63) is 17.9 Å². The Morgan fingerprint density at radius 2 is 2.00 bits per heavy atom. The molecule has 7 heteroatoms. The smallest absolute Gasteiger partial charge is 0.275 e. The first kappa shape index (κ1) is 14.5. The van der Waals surface area contributed by atoms with Gasteiger partial charge in [0.25, 0.3) is 10.0 Å². The monoisotopic (exact) mass is 288 g/mol. The zero-order valence-electron chi connectivity index (χ0n) is 11.3. The van der Waals surface area contributed by atoms with Crippen molar-refractivity contribution < 1.29 is 17.6 Å². The van der Waals surface area contributed by atoms with E-state index in [-0.39, 0.29) is 5.09 Å². The van der Waals surface area contributed by atoms with Gasteiger partial charge in [-0.05, 0) is 25.0 Å². The second-order valence-corrected chi connectivity index (χ2v) is 6.86. The lowest BCUT2D eigenvalue weighted by atomic mass is 10.1. The van der Waals surface area contributed by atoms with Gasteiger partial charge in [-0.1, -0.05) is 0 Å². The fourth-order valence-electron chi connectivity index (χ4n) is 1.92. The molecule has 0 bridgehead atoms. The van der Waals surface area contributed by atoms with Crippen molar-refractivity contribution in [3.63, 3.8) is 0 Å². The van der Waals surface area contributed by atoms with E-state index in [1.54, 1.807) is 6.07 Å². The highest BCUT2D eigenvalue weighted by atomic mass is 32.2. The number of nitrogens with one attached hydrogen (secondary N) is 1. The molecule has 6 nitrogen and oxygen atoms in total. The fourth-order valence-corrected chi connectivity index (χ4v) is 2.73. The van der Waals surface area contributed by atoms with Crippen LogP contribution in [-0.4, -0.2) is 46.1 Å². The number of rotatable bonds is 5. The molecule has 2 heterocycles. The zero-order valence-corrected chi connectivity index (χ0v) is 12.1. The molecular weight excluding hydrogens is 268 g/mol. The predicted molar refractivity (Wildman–Crippen MR) is 70.3 cm³/mol. The summed E-state index contributed by atoms with van der Waals surface area (Å²) in [7, 11) is -0.512. The summed E-state index contributed by atoms with van der Waals surface area (Å²) in [6.45, 7) is 2.08. The molecular formula is C12H20N2O4S. The summed E-state index contributed by atoms with van der Waals surface area (Å²) in [5.74, 6) is 0.631. The molecule has 0 aliphatic carbocycles. The SMILES string of the molecule is CN(C)S(=O)(=O)c1ccc(CNC2CCOCC2)o1. The van der Waals surface area contributed by atoms with Gasteiger partial charge >= 0.3 is 0 Å². The molecule has 0 saturated carbocycles. The van der Waals surface area contributed by atoms with Gasteiger partial charge in [-0.3, -0.25) is 0 Å². The highest BCUT2D eigenvalue weighted by Crippen LogP contribution is 2.17. The van der Waals surface area contributed by atoms with E-state index in [0.717, 1.165) is 30.4 Å². The predicted octanol–water partition coefficient (Wildman–Crippen LogP) is 0.799. The number of nitrogens with zero attached hydrogens (tertiary/aromatic N) is 1. The third-order valence-electron chi connectivity index (χ3n) is 3.16. The van der Waals surface area contributed by atoms with E-state index in [0.29, 0.717) is 18.3 Å². The Morgan fingerprint density at radius 3 is 2.63 bits per heavy atom. The maximum Gasteiger partial charge on any atom is 0.275 e. The molecule has 1 aromatic rings. The molecule has 1 fully saturated rings. The van der Waals surface area contributed by atoms with Crippen LogP contribution < -0.4 is 5.32 Å². The second kappa shape index (κ2) is 6.04. The molecule has 0 spiro atoms. The van der Waals surface area contributed by atoms with Crippen molar-refractivity contribution in [2.75, 3.05) is 27.3 Å². The molecule has 19 heavy (non-hydrogen) atoms. The van der Waals surface area contributed by atoms with Crippen LogP contribution in [0, 0.1) is 0 Å². The molecule has 1 aromatic heterocycles. The van der Waals surface area contributed by atoms with Crippen molar-refractivity contribution in [1.82, 2.24) is 9.62 Å². The average molecular weight is 288 g/mol. The van der Waals surface area contributed by atoms with Crippen molar-refractivity contribution in [1.29, 1.82) is 0 Å². The van der Waals surface area contributed by atoms with Gasteiger partial charge in [0.15, 0.2) is 0 Å². The minimum Gasteiger partial charge on any atom is -0.447 e. The molecule has 0 aromatic carbocycles. The minimum absolute atomic E-state index is 0.0127. The van der Waals surface area contributed by atoms with Gasteiger partial charge in [-0.15, -0.1) is 0 Å². The van der Waals surface area contributed by atoms with Gasteiger partial charge < -0.3 is 14.5 Å². The highest BCUT2D eigenvalue weighted by molar-refractivity contribution is 7.88. The van der Waals surface area contributed by atoms with Crippen LogP contribution in [0.5, 0.6) is 0 Å². The third kappa shape index (κ3) is 3.56.